The van der Waals surface area contributed by atoms with Crippen LogP contribution in [-0.4, -0.2) is 40.0 Å². The maximum atomic E-state index is 12.8. The van der Waals surface area contributed by atoms with Crippen LogP contribution in [0.1, 0.15) is 12.0 Å². The van der Waals surface area contributed by atoms with E-state index in [9.17, 15) is 19.2 Å². The number of benzene rings is 2. The Morgan fingerprint density at radius 1 is 1.03 bits per heavy atom. The van der Waals surface area contributed by atoms with Crippen molar-refractivity contribution in [1.29, 1.82) is 0 Å². The Bertz CT molecular complexity index is 1130. The minimum Gasteiger partial charge on any atom is -0.468 e. The predicted molar refractivity (Wildman–Crippen MR) is 107 cm³/mol. The molecule has 0 aliphatic carbocycles. The molecule has 0 saturated heterocycles. The molecule has 2 aromatic carbocycles. The van der Waals surface area contributed by atoms with Crippen molar-refractivity contribution in [1.82, 2.24) is 14.5 Å². The average molecular weight is 395 g/mol. The van der Waals surface area contributed by atoms with Crippen molar-refractivity contribution in [2.75, 3.05) is 13.7 Å². The summed E-state index contributed by atoms with van der Waals surface area (Å²) in [5, 5.41) is 0.371. The third kappa shape index (κ3) is 4.78. The number of para-hydroxylation sites is 1. The minimum absolute atomic E-state index is 0.0141. The molecule has 0 unspecified atom stereocenters. The van der Waals surface area contributed by atoms with Crippen LogP contribution in [0.5, 0.6) is 0 Å². The molecular weight excluding hydrogens is 374 g/mol. The highest BCUT2D eigenvalue weighted by Crippen LogP contribution is 2.10. The first-order valence-electron chi connectivity index (χ1n) is 9.10. The fourth-order valence-electron chi connectivity index (χ4n) is 3.09. The third-order valence-corrected chi connectivity index (χ3v) is 4.57. The van der Waals surface area contributed by atoms with Crippen molar-refractivity contribution in [3.63, 3.8) is 0 Å². The van der Waals surface area contributed by atoms with Crippen molar-refractivity contribution in [2.45, 2.75) is 19.5 Å². The monoisotopic (exact) mass is 395 g/mol. The fraction of sp³-hybridized carbons (Fsp3) is 0.238. The van der Waals surface area contributed by atoms with E-state index in [2.05, 4.69) is 4.98 Å². The van der Waals surface area contributed by atoms with E-state index >= 15 is 0 Å². The summed E-state index contributed by atoms with van der Waals surface area (Å²) in [5.41, 5.74) is 0.279. The van der Waals surface area contributed by atoms with Crippen LogP contribution in [0.25, 0.3) is 10.9 Å². The summed E-state index contributed by atoms with van der Waals surface area (Å²) in [7, 11) is 1.26. The molecule has 29 heavy (non-hydrogen) atoms. The van der Waals surface area contributed by atoms with Crippen molar-refractivity contribution in [3.8, 4) is 0 Å². The summed E-state index contributed by atoms with van der Waals surface area (Å²) in [6, 6.07) is 16.0. The van der Waals surface area contributed by atoms with Gasteiger partial charge in [-0.15, -0.1) is 0 Å². The van der Waals surface area contributed by atoms with Gasteiger partial charge >= 0.3 is 11.7 Å². The van der Waals surface area contributed by atoms with Crippen molar-refractivity contribution in [2.24, 2.45) is 0 Å². The lowest BCUT2D eigenvalue weighted by Crippen LogP contribution is -2.37. The van der Waals surface area contributed by atoms with Gasteiger partial charge < -0.3 is 9.64 Å². The zero-order chi connectivity index (χ0) is 20.8. The second-order valence-corrected chi connectivity index (χ2v) is 6.49. The van der Waals surface area contributed by atoms with Gasteiger partial charge in [-0.05, 0) is 17.7 Å². The number of aryl methyl sites for hydroxylation is 1. The van der Waals surface area contributed by atoms with Gasteiger partial charge in [-0.1, -0.05) is 42.5 Å². The molecule has 1 aromatic heterocycles. The minimum atomic E-state index is -0.580. The fourth-order valence-corrected chi connectivity index (χ4v) is 3.09. The van der Waals surface area contributed by atoms with Crippen molar-refractivity contribution < 1.29 is 14.3 Å². The van der Waals surface area contributed by atoms with Crippen LogP contribution in [0.15, 0.2) is 64.2 Å². The van der Waals surface area contributed by atoms with Crippen LogP contribution in [0, 0.1) is 0 Å². The zero-order valence-electron chi connectivity index (χ0n) is 16.0. The molecule has 1 heterocycles. The lowest BCUT2D eigenvalue weighted by atomic mass is 10.2. The quantitative estimate of drug-likeness (QED) is 0.608. The SMILES string of the molecule is COC(=O)CN(Cc1ccccc1)C(=O)CCn1c(=O)[nH]c(=O)c2ccccc21. The molecule has 0 aliphatic rings. The molecule has 1 N–H and O–H groups in total. The lowest BCUT2D eigenvalue weighted by Gasteiger charge is -2.22. The maximum Gasteiger partial charge on any atom is 0.328 e. The summed E-state index contributed by atoms with van der Waals surface area (Å²) >= 11 is 0. The number of aromatic amines is 1. The number of amides is 1. The normalized spacial score (nSPS) is 10.7. The van der Waals surface area contributed by atoms with Crippen LogP contribution in [0.3, 0.4) is 0 Å². The highest BCUT2D eigenvalue weighted by atomic mass is 16.5. The standard InChI is InChI=1S/C21H21N3O5/c1-29-19(26)14-23(13-15-7-3-2-4-8-15)18(25)11-12-24-17-10-6-5-9-16(17)20(27)22-21(24)28/h2-10H,11-14H2,1H3,(H,22,27,28). The Balaban J connectivity index is 1.81. The molecule has 8 nitrogen and oxygen atoms in total. The molecule has 0 aliphatic heterocycles. The number of carbonyl (C=O) groups is 2. The molecule has 1 amide bonds. The molecule has 3 rings (SSSR count). The van der Waals surface area contributed by atoms with E-state index in [0.717, 1.165) is 5.56 Å². The number of carbonyl (C=O) groups excluding carboxylic acids is 2. The van der Waals surface area contributed by atoms with Gasteiger partial charge in [0.05, 0.1) is 18.0 Å². The van der Waals surface area contributed by atoms with Crippen LogP contribution >= 0.6 is 0 Å². The second kappa shape index (κ2) is 9.01. The van der Waals surface area contributed by atoms with Gasteiger partial charge in [-0.3, -0.25) is 23.9 Å². The number of ether oxygens (including phenoxy) is 1. The summed E-state index contributed by atoms with van der Waals surface area (Å²) in [6.45, 7) is 0.128. The highest BCUT2D eigenvalue weighted by Gasteiger charge is 2.19. The summed E-state index contributed by atoms with van der Waals surface area (Å²) < 4.78 is 6.05. The van der Waals surface area contributed by atoms with E-state index in [4.69, 9.17) is 4.74 Å². The number of nitrogens with zero attached hydrogens (tertiary/aromatic N) is 2. The van der Waals surface area contributed by atoms with Gasteiger partial charge in [0.2, 0.25) is 5.91 Å². The Kier molecular flexibility index (Phi) is 6.23. The molecule has 0 atom stereocenters. The Morgan fingerprint density at radius 3 is 2.45 bits per heavy atom. The van der Waals surface area contributed by atoms with Gasteiger partial charge in [0.15, 0.2) is 0 Å². The molecule has 0 fully saturated rings. The number of aromatic nitrogens is 2. The molecule has 150 valence electrons. The first-order chi connectivity index (χ1) is 14.0. The molecule has 0 bridgehead atoms. The van der Waals surface area contributed by atoms with Crippen molar-refractivity contribution in [3.05, 3.63) is 81.0 Å². The van der Waals surface area contributed by atoms with E-state index in [1.165, 1.54) is 16.6 Å². The number of methoxy groups -OCH3 is 1. The lowest BCUT2D eigenvalue weighted by molar-refractivity contribution is -0.147. The maximum absolute atomic E-state index is 12.8. The molecule has 8 heteroatoms. The zero-order valence-corrected chi connectivity index (χ0v) is 16.0. The Hall–Kier alpha value is -3.68. The molecule has 0 saturated carbocycles. The Labute approximate surface area is 166 Å². The van der Waals surface area contributed by atoms with Gasteiger partial charge in [0, 0.05) is 19.5 Å². The van der Waals surface area contributed by atoms with E-state index in [0.29, 0.717) is 10.9 Å². The molecule has 0 radical (unpaired) electrons. The van der Waals surface area contributed by atoms with E-state index < -0.39 is 17.2 Å². The van der Waals surface area contributed by atoms with Crippen molar-refractivity contribution >= 4 is 22.8 Å². The van der Waals surface area contributed by atoms with Gasteiger partial charge in [0.25, 0.3) is 5.56 Å². The van der Waals surface area contributed by atoms with Crippen LogP contribution in [-0.2, 0) is 27.4 Å². The number of rotatable bonds is 7. The van der Waals surface area contributed by atoms with E-state index in [1.807, 2.05) is 30.3 Å². The number of H-pyrrole nitrogens is 1. The van der Waals surface area contributed by atoms with E-state index in [-0.39, 0.29) is 32.0 Å². The average Bonchev–Trinajstić information content (AvgIpc) is 2.73. The van der Waals surface area contributed by atoms with Crippen LogP contribution in [0.4, 0.5) is 0 Å². The topological polar surface area (TPSA) is 101 Å². The van der Waals surface area contributed by atoms with Gasteiger partial charge in [-0.25, -0.2) is 4.79 Å². The molecule has 3 aromatic rings. The highest BCUT2D eigenvalue weighted by molar-refractivity contribution is 5.82. The number of fused-ring (bicyclic) bond motifs is 1. The number of esters is 1. The largest absolute Gasteiger partial charge is 0.468 e. The number of hydrogen-bond donors (Lipinski definition) is 1. The number of nitrogens with one attached hydrogen (secondary N) is 1. The summed E-state index contributed by atoms with van der Waals surface area (Å²) in [6.07, 6.45) is -0.0141. The van der Waals surface area contributed by atoms with E-state index in [1.54, 1.807) is 24.3 Å². The summed E-state index contributed by atoms with van der Waals surface area (Å²) in [5.74, 6) is -0.831. The van der Waals surface area contributed by atoms with Gasteiger partial charge in [0.1, 0.15) is 6.54 Å². The first kappa shape index (κ1) is 20.1. The predicted octanol–water partition coefficient (Wildman–Crippen LogP) is 1.28. The van der Waals surface area contributed by atoms with Gasteiger partial charge in [-0.2, -0.15) is 0 Å². The molecular formula is C21H21N3O5. The Morgan fingerprint density at radius 2 is 1.72 bits per heavy atom. The third-order valence-electron chi connectivity index (χ3n) is 4.57. The molecule has 0 spiro atoms. The second-order valence-electron chi connectivity index (χ2n) is 6.49. The first-order valence-corrected chi connectivity index (χ1v) is 9.10. The van der Waals surface area contributed by atoms with Crippen LogP contribution in [0.2, 0.25) is 0 Å². The smallest absolute Gasteiger partial charge is 0.328 e. The number of hydrogen-bond acceptors (Lipinski definition) is 5. The summed E-state index contributed by atoms with van der Waals surface area (Å²) in [4.78, 5) is 52.4. The van der Waals surface area contributed by atoms with Crippen LogP contribution < -0.4 is 11.2 Å².